The predicted molar refractivity (Wildman–Crippen MR) is 111 cm³/mol. The Morgan fingerprint density at radius 2 is 1.59 bits per heavy atom. The van der Waals surface area contributed by atoms with E-state index in [9.17, 15) is 4.79 Å². The number of hydrogen-bond donors (Lipinski definition) is 0. The topological polar surface area (TPSA) is 39.2 Å². The molecule has 0 atom stereocenters. The van der Waals surface area contributed by atoms with E-state index in [0.717, 1.165) is 37.7 Å². The lowest BCUT2D eigenvalue weighted by atomic mass is 10.1. The van der Waals surface area contributed by atoms with Gasteiger partial charge >= 0.3 is 5.97 Å². The minimum Gasteiger partial charge on any atom is -0.461 e. The van der Waals surface area contributed by atoms with Gasteiger partial charge in [0.2, 0.25) is 0 Å². The molecular weight excluding hydrogens is 334 g/mol. The van der Waals surface area contributed by atoms with E-state index < -0.39 is 0 Å². The summed E-state index contributed by atoms with van der Waals surface area (Å²) in [5.74, 6) is 8.79. The molecule has 0 bridgehead atoms. The molecule has 0 saturated heterocycles. The highest BCUT2D eigenvalue weighted by atomic mass is 16.5. The fourth-order valence-corrected chi connectivity index (χ4v) is 2.75. The van der Waals surface area contributed by atoms with Crippen LogP contribution in [0.5, 0.6) is 0 Å². The fraction of sp³-hybridized carbons (Fsp3) is 0.583. The molecule has 0 amide bonds. The van der Waals surface area contributed by atoms with Crippen molar-refractivity contribution in [2.75, 3.05) is 0 Å². The monoisotopic (exact) mass is 367 g/mol. The number of carbonyl (C=O) groups excluding carboxylic acids is 1. The molecule has 1 aromatic heterocycles. The normalized spacial score (nSPS) is 9.89. The van der Waals surface area contributed by atoms with E-state index in [1.807, 2.05) is 12.1 Å². The lowest BCUT2D eigenvalue weighted by Crippen LogP contribution is -2.04. The summed E-state index contributed by atoms with van der Waals surface area (Å²) in [5.41, 5.74) is 0.932. The molecule has 1 heterocycles. The van der Waals surface area contributed by atoms with Crippen LogP contribution in [0.1, 0.15) is 89.0 Å². The van der Waals surface area contributed by atoms with Crippen LogP contribution in [0, 0.1) is 24.2 Å². The minimum absolute atomic E-state index is 0.110. The van der Waals surface area contributed by atoms with Crippen LogP contribution in [0.3, 0.4) is 0 Å². The molecule has 0 N–H and O–H groups in total. The van der Waals surface area contributed by atoms with Crippen LogP contribution >= 0.6 is 0 Å². The van der Waals surface area contributed by atoms with Crippen molar-refractivity contribution in [2.45, 2.75) is 90.1 Å². The van der Waals surface area contributed by atoms with Crippen LogP contribution in [-0.2, 0) is 16.1 Å². The Bertz CT molecular complexity index is 592. The van der Waals surface area contributed by atoms with E-state index in [-0.39, 0.29) is 5.97 Å². The highest BCUT2D eigenvalue weighted by Crippen LogP contribution is 2.12. The van der Waals surface area contributed by atoms with Crippen molar-refractivity contribution in [3.05, 3.63) is 30.1 Å². The minimum atomic E-state index is -0.110. The number of ether oxygens (including phenoxy) is 1. The maximum Gasteiger partial charge on any atom is 0.306 e. The average Bonchev–Trinajstić information content (AvgIpc) is 2.70. The van der Waals surface area contributed by atoms with Gasteiger partial charge in [-0.05, 0) is 18.9 Å². The summed E-state index contributed by atoms with van der Waals surface area (Å²) in [6.45, 7) is 0.323. The van der Waals surface area contributed by atoms with Crippen LogP contribution in [-0.4, -0.2) is 11.0 Å². The van der Waals surface area contributed by atoms with E-state index in [1.54, 1.807) is 12.4 Å². The molecule has 3 nitrogen and oxygen atoms in total. The number of pyridine rings is 1. The molecule has 146 valence electrons. The summed E-state index contributed by atoms with van der Waals surface area (Å²) >= 11 is 0. The Morgan fingerprint density at radius 1 is 0.926 bits per heavy atom. The molecule has 0 fully saturated rings. The van der Waals surface area contributed by atoms with Gasteiger partial charge in [0.1, 0.15) is 6.61 Å². The zero-order valence-corrected chi connectivity index (χ0v) is 16.5. The van der Waals surface area contributed by atoms with Gasteiger partial charge in [0.25, 0.3) is 0 Å². The maximum absolute atomic E-state index is 11.7. The Labute approximate surface area is 165 Å². The van der Waals surface area contributed by atoms with Crippen LogP contribution < -0.4 is 0 Å². The molecule has 0 aromatic carbocycles. The van der Waals surface area contributed by atoms with E-state index in [0.29, 0.717) is 13.0 Å². The lowest BCUT2D eigenvalue weighted by Gasteiger charge is -2.05. The molecule has 0 aliphatic heterocycles. The second kappa shape index (κ2) is 17.2. The molecule has 1 rings (SSSR count). The summed E-state index contributed by atoms with van der Waals surface area (Å²) < 4.78 is 5.25. The number of hydrogen-bond acceptors (Lipinski definition) is 3. The lowest BCUT2D eigenvalue weighted by molar-refractivity contribution is -0.145. The number of esters is 1. The third-order valence-corrected chi connectivity index (χ3v) is 4.32. The van der Waals surface area contributed by atoms with Crippen molar-refractivity contribution in [3.8, 4) is 24.2 Å². The third kappa shape index (κ3) is 14.6. The molecule has 3 heteroatoms. The number of unbranched alkanes of at least 4 members (excludes halogenated alkanes) is 10. The van der Waals surface area contributed by atoms with Gasteiger partial charge in [0.15, 0.2) is 0 Å². The number of carbonyl (C=O) groups is 1. The van der Waals surface area contributed by atoms with E-state index in [1.165, 1.54) is 44.9 Å². The van der Waals surface area contributed by atoms with Crippen molar-refractivity contribution in [1.82, 2.24) is 4.98 Å². The van der Waals surface area contributed by atoms with Gasteiger partial charge in [-0.25, -0.2) is 0 Å². The molecular formula is C24H33NO2. The molecule has 1 aromatic rings. The van der Waals surface area contributed by atoms with E-state index in [2.05, 4.69) is 22.7 Å². The number of rotatable bonds is 14. The van der Waals surface area contributed by atoms with Crippen LogP contribution in [0.15, 0.2) is 24.5 Å². The number of aromatic nitrogens is 1. The molecule has 0 radical (unpaired) electrons. The van der Waals surface area contributed by atoms with Crippen LogP contribution in [0.4, 0.5) is 0 Å². The highest BCUT2D eigenvalue weighted by Gasteiger charge is 2.03. The number of terminal acetylenes is 1. The van der Waals surface area contributed by atoms with Gasteiger partial charge in [0, 0.05) is 43.6 Å². The van der Waals surface area contributed by atoms with Gasteiger partial charge in [-0.3, -0.25) is 9.78 Å². The summed E-state index contributed by atoms with van der Waals surface area (Å²) in [6.07, 6.45) is 22.6. The van der Waals surface area contributed by atoms with Gasteiger partial charge in [0.05, 0.1) is 0 Å². The van der Waals surface area contributed by atoms with Crippen molar-refractivity contribution >= 4 is 5.97 Å². The van der Waals surface area contributed by atoms with Crippen molar-refractivity contribution in [1.29, 1.82) is 0 Å². The SMILES string of the molecule is C#CCCC#CCCCCCCCCCCCC(=O)OCc1cccnc1. The van der Waals surface area contributed by atoms with E-state index in [4.69, 9.17) is 11.2 Å². The van der Waals surface area contributed by atoms with Crippen molar-refractivity contribution in [3.63, 3.8) is 0 Å². The first kappa shape index (κ1) is 22.8. The molecule has 27 heavy (non-hydrogen) atoms. The second-order valence-corrected chi connectivity index (χ2v) is 6.76. The van der Waals surface area contributed by atoms with Gasteiger partial charge < -0.3 is 4.74 Å². The highest BCUT2D eigenvalue weighted by molar-refractivity contribution is 5.69. The maximum atomic E-state index is 11.7. The molecule has 0 saturated carbocycles. The largest absolute Gasteiger partial charge is 0.461 e. The van der Waals surface area contributed by atoms with Crippen molar-refractivity contribution < 1.29 is 9.53 Å². The van der Waals surface area contributed by atoms with Crippen LogP contribution in [0.2, 0.25) is 0 Å². The summed E-state index contributed by atoms with van der Waals surface area (Å²) in [7, 11) is 0. The standard InChI is InChI=1S/C24H33NO2/c1-2-3-4-5-6-7-8-9-10-11-12-13-14-15-16-19-24(26)27-22-23-18-17-20-25-21-23/h1,17-18,20-21H,3-4,7-16,19,22H2. The Kier molecular flexibility index (Phi) is 14.5. The third-order valence-electron chi connectivity index (χ3n) is 4.32. The van der Waals surface area contributed by atoms with Gasteiger partial charge in [-0.2, -0.15) is 0 Å². The Hall–Kier alpha value is -2.26. The molecule has 0 spiro atoms. The molecule has 0 aliphatic rings. The first-order valence-electron chi connectivity index (χ1n) is 10.3. The first-order valence-corrected chi connectivity index (χ1v) is 10.3. The zero-order valence-electron chi connectivity index (χ0n) is 16.5. The van der Waals surface area contributed by atoms with Crippen molar-refractivity contribution in [2.24, 2.45) is 0 Å². The smallest absolute Gasteiger partial charge is 0.306 e. The summed E-state index contributed by atoms with van der Waals surface area (Å²) in [6, 6.07) is 3.76. The average molecular weight is 368 g/mol. The molecule has 0 aliphatic carbocycles. The van der Waals surface area contributed by atoms with E-state index >= 15 is 0 Å². The quantitative estimate of drug-likeness (QED) is 0.236. The first-order chi connectivity index (χ1) is 13.3. The fourth-order valence-electron chi connectivity index (χ4n) is 2.75. The summed E-state index contributed by atoms with van der Waals surface area (Å²) in [5, 5.41) is 0. The molecule has 0 unspecified atom stereocenters. The second-order valence-electron chi connectivity index (χ2n) is 6.76. The van der Waals surface area contributed by atoms with Gasteiger partial charge in [-0.1, -0.05) is 51.0 Å². The van der Waals surface area contributed by atoms with Gasteiger partial charge in [-0.15, -0.1) is 24.2 Å². The predicted octanol–water partition coefficient (Wildman–Crippen LogP) is 5.83. The zero-order chi connectivity index (χ0) is 19.4. The summed E-state index contributed by atoms with van der Waals surface area (Å²) in [4.78, 5) is 15.7. The van der Waals surface area contributed by atoms with Crippen LogP contribution in [0.25, 0.3) is 0 Å². The number of nitrogens with zero attached hydrogens (tertiary/aromatic N) is 1. The Morgan fingerprint density at radius 3 is 2.26 bits per heavy atom. The Balaban J connectivity index is 1.81.